The molecule has 1 aromatic rings. The van der Waals surface area contributed by atoms with E-state index in [0.717, 1.165) is 18.4 Å². The minimum absolute atomic E-state index is 0.0913. The first-order valence-electron chi connectivity index (χ1n) is 11.8. The zero-order valence-electron chi connectivity index (χ0n) is 18.9. The molecule has 160 valence electrons. The maximum absolute atomic E-state index is 13.1. The lowest BCUT2D eigenvalue weighted by Crippen LogP contribution is -2.38. The number of rotatable bonds is 16. The predicted octanol–water partition coefficient (Wildman–Crippen LogP) is 7.83. The molecule has 0 spiro atoms. The van der Waals surface area contributed by atoms with E-state index in [0.29, 0.717) is 18.4 Å². The van der Waals surface area contributed by atoms with Gasteiger partial charge in [-0.2, -0.15) is 0 Å². The van der Waals surface area contributed by atoms with E-state index in [2.05, 4.69) is 20.8 Å². The zero-order valence-corrected chi connectivity index (χ0v) is 18.9. The minimum atomic E-state index is -1.22. The highest BCUT2D eigenvalue weighted by molar-refractivity contribution is 6.03. The van der Waals surface area contributed by atoms with Crippen molar-refractivity contribution in [2.45, 2.75) is 123 Å². The number of carbonyl (C=O) groups is 1. The van der Waals surface area contributed by atoms with Crippen LogP contribution in [0.3, 0.4) is 0 Å². The summed E-state index contributed by atoms with van der Waals surface area (Å²) in [5.74, 6) is 0.189. The molecular formula is C26H44O2. The summed E-state index contributed by atoms with van der Waals surface area (Å²) in [6, 6.07) is 7.76. The SMILES string of the molecule is CCCCCCCCCCCCCC(O)(CC)C(=O)c1ccccc1C(C)C. The van der Waals surface area contributed by atoms with Crippen molar-refractivity contribution >= 4 is 5.78 Å². The fourth-order valence-corrected chi connectivity index (χ4v) is 3.99. The van der Waals surface area contributed by atoms with E-state index in [1.807, 2.05) is 31.2 Å². The van der Waals surface area contributed by atoms with E-state index in [-0.39, 0.29) is 11.7 Å². The Labute approximate surface area is 174 Å². The Kier molecular flexibility index (Phi) is 12.4. The van der Waals surface area contributed by atoms with Gasteiger partial charge in [0.25, 0.3) is 0 Å². The van der Waals surface area contributed by atoms with Crippen LogP contribution in [0.1, 0.15) is 133 Å². The van der Waals surface area contributed by atoms with Gasteiger partial charge >= 0.3 is 0 Å². The van der Waals surface area contributed by atoms with Gasteiger partial charge in [0.2, 0.25) is 0 Å². The molecule has 0 aromatic heterocycles. The van der Waals surface area contributed by atoms with E-state index < -0.39 is 5.60 Å². The molecule has 0 radical (unpaired) electrons. The van der Waals surface area contributed by atoms with Crippen molar-refractivity contribution in [3.63, 3.8) is 0 Å². The number of carbonyl (C=O) groups excluding carboxylic acids is 1. The van der Waals surface area contributed by atoms with E-state index >= 15 is 0 Å². The summed E-state index contributed by atoms with van der Waals surface area (Å²) >= 11 is 0. The van der Waals surface area contributed by atoms with Crippen molar-refractivity contribution in [2.75, 3.05) is 0 Å². The van der Waals surface area contributed by atoms with Gasteiger partial charge in [0.15, 0.2) is 5.78 Å². The molecule has 0 aliphatic rings. The second-order valence-corrected chi connectivity index (χ2v) is 8.74. The fourth-order valence-electron chi connectivity index (χ4n) is 3.99. The van der Waals surface area contributed by atoms with Crippen LogP contribution in [0.4, 0.5) is 0 Å². The number of benzene rings is 1. The van der Waals surface area contributed by atoms with Crippen molar-refractivity contribution in [2.24, 2.45) is 0 Å². The van der Waals surface area contributed by atoms with Crippen LogP contribution in [-0.4, -0.2) is 16.5 Å². The van der Waals surface area contributed by atoms with Crippen molar-refractivity contribution in [3.8, 4) is 0 Å². The molecule has 28 heavy (non-hydrogen) atoms. The summed E-state index contributed by atoms with van der Waals surface area (Å²) in [5, 5.41) is 11.0. The topological polar surface area (TPSA) is 37.3 Å². The molecule has 0 aliphatic heterocycles. The molecule has 1 aromatic carbocycles. The second-order valence-electron chi connectivity index (χ2n) is 8.74. The summed E-state index contributed by atoms with van der Waals surface area (Å²) in [6.45, 7) is 8.38. The van der Waals surface area contributed by atoms with Crippen LogP contribution in [0.2, 0.25) is 0 Å². The van der Waals surface area contributed by atoms with Crippen LogP contribution in [0.25, 0.3) is 0 Å². The van der Waals surface area contributed by atoms with Crippen molar-refractivity contribution in [3.05, 3.63) is 35.4 Å². The molecule has 2 heteroatoms. The van der Waals surface area contributed by atoms with Crippen LogP contribution >= 0.6 is 0 Å². The fraction of sp³-hybridized carbons (Fsp3) is 0.731. The van der Waals surface area contributed by atoms with Crippen LogP contribution in [0, 0.1) is 0 Å². The first-order valence-corrected chi connectivity index (χ1v) is 11.8. The maximum atomic E-state index is 13.1. The van der Waals surface area contributed by atoms with Crippen LogP contribution in [0.5, 0.6) is 0 Å². The minimum Gasteiger partial charge on any atom is -0.382 e. The van der Waals surface area contributed by atoms with Crippen molar-refractivity contribution < 1.29 is 9.90 Å². The van der Waals surface area contributed by atoms with Gasteiger partial charge in [-0.15, -0.1) is 0 Å². The average Bonchev–Trinajstić information content (AvgIpc) is 2.71. The van der Waals surface area contributed by atoms with E-state index in [9.17, 15) is 9.90 Å². The van der Waals surface area contributed by atoms with E-state index in [1.165, 1.54) is 57.8 Å². The number of ketones is 1. The molecule has 1 atom stereocenters. The third-order valence-electron chi connectivity index (χ3n) is 6.03. The Bertz CT molecular complexity index is 549. The Balaban J connectivity index is 2.36. The largest absolute Gasteiger partial charge is 0.382 e. The molecular weight excluding hydrogens is 344 g/mol. The number of hydrogen-bond acceptors (Lipinski definition) is 2. The quantitative estimate of drug-likeness (QED) is 0.231. The van der Waals surface area contributed by atoms with Gasteiger partial charge in [-0.25, -0.2) is 0 Å². The van der Waals surface area contributed by atoms with Crippen LogP contribution in [-0.2, 0) is 0 Å². The molecule has 0 fully saturated rings. The summed E-state index contributed by atoms with van der Waals surface area (Å²) in [6.07, 6.45) is 15.1. The highest BCUT2D eigenvalue weighted by atomic mass is 16.3. The van der Waals surface area contributed by atoms with Gasteiger partial charge in [0.05, 0.1) is 0 Å². The van der Waals surface area contributed by atoms with Gasteiger partial charge < -0.3 is 5.11 Å². The highest BCUT2D eigenvalue weighted by Gasteiger charge is 2.35. The van der Waals surface area contributed by atoms with Crippen molar-refractivity contribution in [1.82, 2.24) is 0 Å². The molecule has 0 amide bonds. The second kappa shape index (κ2) is 13.9. The van der Waals surface area contributed by atoms with Gasteiger partial charge in [-0.05, 0) is 24.3 Å². The third-order valence-corrected chi connectivity index (χ3v) is 6.03. The molecule has 1 unspecified atom stereocenters. The lowest BCUT2D eigenvalue weighted by molar-refractivity contribution is 0.0236. The first-order chi connectivity index (χ1) is 13.5. The lowest BCUT2D eigenvalue weighted by atomic mass is 9.82. The number of Topliss-reactive ketones (excluding diaryl/α,β-unsaturated/α-hetero) is 1. The van der Waals surface area contributed by atoms with Gasteiger partial charge in [0, 0.05) is 5.56 Å². The number of hydrogen-bond donors (Lipinski definition) is 1. The predicted molar refractivity (Wildman–Crippen MR) is 121 cm³/mol. The highest BCUT2D eigenvalue weighted by Crippen LogP contribution is 2.28. The zero-order chi connectivity index (χ0) is 20.8. The standard InChI is InChI=1S/C26H44O2/c1-5-7-8-9-10-11-12-13-14-15-18-21-26(28,6-2)25(27)24-20-17-16-19-23(24)22(3)4/h16-17,19-20,22,28H,5-15,18,21H2,1-4H3. The summed E-state index contributed by atoms with van der Waals surface area (Å²) < 4.78 is 0. The molecule has 0 heterocycles. The first kappa shape index (κ1) is 24.9. The van der Waals surface area contributed by atoms with E-state index in [4.69, 9.17) is 0 Å². The average molecular weight is 389 g/mol. The summed E-state index contributed by atoms with van der Waals surface area (Å²) in [4.78, 5) is 13.1. The molecule has 2 nitrogen and oxygen atoms in total. The monoisotopic (exact) mass is 388 g/mol. The Morgan fingerprint density at radius 2 is 1.36 bits per heavy atom. The molecule has 1 rings (SSSR count). The number of aliphatic hydroxyl groups is 1. The normalized spacial score (nSPS) is 13.6. The van der Waals surface area contributed by atoms with E-state index in [1.54, 1.807) is 0 Å². The van der Waals surface area contributed by atoms with Crippen LogP contribution < -0.4 is 0 Å². The van der Waals surface area contributed by atoms with Gasteiger partial charge in [-0.3, -0.25) is 4.79 Å². The Morgan fingerprint density at radius 3 is 1.86 bits per heavy atom. The van der Waals surface area contributed by atoms with Crippen molar-refractivity contribution in [1.29, 1.82) is 0 Å². The molecule has 0 aliphatic carbocycles. The molecule has 0 saturated carbocycles. The summed E-state index contributed by atoms with van der Waals surface area (Å²) in [7, 11) is 0. The molecule has 0 bridgehead atoms. The Morgan fingerprint density at radius 1 is 0.857 bits per heavy atom. The van der Waals surface area contributed by atoms with Gasteiger partial charge in [-0.1, -0.05) is 123 Å². The Hall–Kier alpha value is -1.15. The number of unbranched alkanes of at least 4 members (excludes halogenated alkanes) is 10. The smallest absolute Gasteiger partial charge is 0.194 e. The molecule has 1 N–H and O–H groups in total. The van der Waals surface area contributed by atoms with Gasteiger partial charge in [0.1, 0.15) is 5.60 Å². The lowest BCUT2D eigenvalue weighted by Gasteiger charge is -2.27. The molecule has 0 saturated heterocycles. The third kappa shape index (κ3) is 8.47. The summed E-state index contributed by atoms with van der Waals surface area (Å²) in [5.41, 5.74) is 0.521. The van der Waals surface area contributed by atoms with Crippen LogP contribution in [0.15, 0.2) is 24.3 Å². The maximum Gasteiger partial charge on any atom is 0.194 e.